The third kappa shape index (κ3) is 3.49. The number of halogens is 3. The first-order chi connectivity index (χ1) is 11.3. The highest BCUT2D eigenvalue weighted by Crippen LogP contribution is 2.37. The summed E-state index contributed by atoms with van der Waals surface area (Å²) in [5.41, 5.74) is 0.548. The summed E-state index contributed by atoms with van der Waals surface area (Å²) in [4.78, 5) is 8.33. The molecule has 0 atom stereocenters. The minimum absolute atomic E-state index is 0.148. The van der Waals surface area contributed by atoms with E-state index in [4.69, 9.17) is 27.9 Å². The van der Waals surface area contributed by atoms with Crippen molar-refractivity contribution in [2.75, 3.05) is 6.26 Å². The molecular formula is C15H9BrCl2N2O3S. The van der Waals surface area contributed by atoms with E-state index in [2.05, 4.69) is 25.9 Å². The molecule has 3 rings (SSSR count). The minimum Gasteiger partial charge on any atom is -0.437 e. The fraction of sp³-hybridized carbons (Fsp3) is 0.0667. The van der Waals surface area contributed by atoms with Crippen LogP contribution in [0.5, 0.6) is 11.6 Å². The van der Waals surface area contributed by atoms with E-state index in [9.17, 15) is 8.42 Å². The molecule has 0 aliphatic rings. The maximum absolute atomic E-state index is 11.8. The molecular weight excluding hydrogens is 439 g/mol. The van der Waals surface area contributed by atoms with E-state index in [-0.39, 0.29) is 10.8 Å². The van der Waals surface area contributed by atoms with Crippen LogP contribution in [-0.2, 0) is 9.84 Å². The van der Waals surface area contributed by atoms with Crippen LogP contribution in [0.1, 0.15) is 0 Å². The molecule has 0 radical (unpaired) electrons. The molecule has 0 bridgehead atoms. The molecule has 1 heterocycles. The summed E-state index contributed by atoms with van der Waals surface area (Å²) < 4.78 is 29.9. The molecule has 0 spiro atoms. The molecule has 0 saturated heterocycles. The van der Waals surface area contributed by atoms with E-state index in [1.807, 2.05) is 0 Å². The average molecular weight is 448 g/mol. The van der Waals surface area contributed by atoms with Crippen molar-refractivity contribution in [2.24, 2.45) is 0 Å². The number of aromatic nitrogens is 2. The van der Waals surface area contributed by atoms with E-state index in [1.165, 1.54) is 18.5 Å². The molecule has 9 heteroatoms. The van der Waals surface area contributed by atoms with Crippen LogP contribution in [0, 0.1) is 0 Å². The van der Waals surface area contributed by atoms with Crippen LogP contribution in [0.4, 0.5) is 0 Å². The SMILES string of the molecule is CS(=O)(=O)c1ccc2ncnc(Oc3cc(Cl)c(Br)cc3Cl)c2c1. The lowest BCUT2D eigenvalue weighted by molar-refractivity contribution is 0.468. The van der Waals surface area contributed by atoms with Crippen LogP contribution in [0.15, 0.2) is 46.0 Å². The van der Waals surface area contributed by atoms with Gasteiger partial charge in [-0.3, -0.25) is 0 Å². The average Bonchev–Trinajstić information content (AvgIpc) is 2.51. The number of fused-ring (bicyclic) bond motifs is 1. The first-order valence-electron chi connectivity index (χ1n) is 6.53. The second kappa shape index (κ2) is 6.48. The third-order valence-electron chi connectivity index (χ3n) is 3.18. The Kier molecular flexibility index (Phi) is 4.70. The highest BCUT2D eigenvalue weighted by molar-refractivity contribution is 9.10. The Morgan fingerprint density at radius 3 is 2.54 bits per heavy atom. The van der Waals surface area contributed by atoms with E-state index in [0.717, 1.165) is 6.26 Å². The highest BCUT2D eigenvalue weighted by Gasteiger charge is 2.14. The van der Waals surface area contributed by atoms with Crippen LogP contribution < -0.4 is 4.74 Å². The zero-order chi connectivity index (χ0) is 17.5. The highest BCUT2D eigenvalue weighted by atomic mass is 79.9. The number of rotatable bonds is 3. The van der Waals surface area contributed by atoms with Gasteiger partial charge in [-0.15, -0.1) is 0 Å². The summed E-state index contributed by atoms with van der Waals surface area (Å²) in [6.45, 7) is 0. The largest absolute Gasteiger partial charge is 0.437 e. The number of sulfone groups is 1. The molecule has 24 heavy (non-hydrogen) atoms. The molecule has 0 aliphatic heterocycles. The number of ether oxygens (including phenoxy) is 1. The Hall–Kier alpha value is -1.41. The summed E-state index contributed by atoms with van der Waals surface area (Å²) >= 11 is 15.5. The van der Waals surface area contributed by atoms with E-state index in [0.29, 0.717) is 31.2 Å². The van der Waals surface area contributed by atoms with Crippen molar-refractivity contribution in [1.29, 1.82) is 0 Å². The normalized spacial score (nSPS) is 11.7. The molecule has 2 aromatic carbocycles. The van der Waals surface area contributed by atoms with E-state index < -0.39 is 9.84 Å². The fourth-order valence-electron chi connectivity index (χ4n) is 2.01. The van der Waals surface area contributed by atoms with Gasteiger partial charge in [0.1, 0.15) is 12.1 Å². The standard InChI is InChI=1S/C15H9BrCl2N2O3S/c1-24(21,22)8-2-3-13-9(4-8)15(20-7-19-13)23-14-6-11(17)10(16)5-12(14)18/h2-7H,1H3. The second-order valence-corrected chi connectivity index (χ2v) is 8.61. The molecule has 0 N–H and O–H groups in total. The minimum atomic E-state index is -3.37. The molecule has 0 unspecified atom stereocenters. The fourth-order valence-corrected chi connectivity index (χ4v) is 3.49. The van der Waals surface area contributed by atoms with E-state index in [1.54, 1.807) is 18.2 Å². The zero-order valence-corrected chi connectivity index (χ0v) is 16.0. The van der Waals surface area contributed by atoms with Gasteiger partial charge in [-0.1, -0.05) is 23.2 Å². The summed E-state index contributed by atoms with van der Waals surface area (Å²) in [7, 11) is -3.37. The maximum atomic E-state index is 11.8. The topological polar surface area (TPSA) is 69.2 Å². The summed E-state index contributed by atoms with van der Waals surface area (Å²) in [5.74, 6) is 0.486. The molecule has 0 fully saturated rings. The first kappa shape index (κ1) is 17.4. The van der Waals surface area contributed by atoms with Crippen LogP contribution in [-0.4, -0.2) is 24.6 Å². The van der Waals surface area contributed by atoms with Crippen molar-refractivity contribution in [2.45, 2.75) is 4.90 Å². The number of nitrogens with zero attached hydrogens (tertiary/aromatic N) is 2. The van der Waals surface area contributed by atoms with Crippen LogP contribution in [0.2, 0.25) is 10.0 Å². The van der Waals surface area contributed by atoms with Gasteiger partial charge in [-0.2, -0.15) is 0 Å². The van der Waals surface area contributed by atoms with Crippen LogP contribution in [0.25, 0.3) is 10.9 Å². The summed E-state index contributed by atoms with van der Waals surface area (Å²) in [5, 5.41) is 1.21. The lowest BCUT2D eigenvalue weighted by Gasteiger charge is -2.10. The smallest absolute Gasteiger partial charge is 0.230 e. The lowest BCUT2D eigenvalue weighted by atomic mass is 10.2. The van der Waals surface area contributed by atoms with Crippen LogP contribution >= 0.6 is 39.1 Å². The Labute approximate surface area is 156 Å². The lowest BCUT2D eigenvalue weighted by Crippen LogP contribution is -1.98. The molecule has 5 nitrogen and oxygen atoms in total. The van der Waals surface area contributed by atoms with Gasteiger partial charge in [-0.05, 0) is 40.2 Å². The Balaban J connectivity index is 2.14. The Bertz CT molecular complexity index is 1060. The maximum Gasteiger partial charge on any atom is 0.230 e. The second-order valence-electron chi connectivity index (χ2n) is 4.93. The number of hydrogen-bond donors (Lipinski definition) is 0. The zero-order valence-electron chi connectivity index (χ0n) is 12.1. The van der Waals surface area contributed by atoms with Gasteiger partial charge in [-0.25, -0.2) is 18.4 Å². The predicted molar refractivity (Wildman–Crippen MR) is 96.9 cm³/mol. The monoisotopic (exact) mass is 446 g/mol. The van der Waals surface area contributed by atoms with Crippen molar-refractivity contribution in [1.82, 2.24) is 9.97 Å². The third-order valence-corrected chi connectivity index (χ3v) is 5.78. The van der Waals surface area contributed by atoms with E-state index >= 15 is 0 Å². The summed E-state index contributed by atoms with van der Waals surface area (Å²) in [6, 6.07) is 7.69. The molecule has 1 aromatic heterocycles. The summed E-state index contributed by atoms with van der Waals surface area (Å²) in [6.07, 6.45) is 2.45. The van der Waals surface area contributed by atoms with Gasteiger partial charge in [0.15, 0.2) is 9.84 Å². The quantitative estimate of drug-likeness (QED) is 0.534. The Morgan fingerprint density at radius 2 is 1.83 bits per heavy atom. The Morgan fingerprint density at radius 1 is 1.08 bits per heavy atom. The molecule has 124 valence electrons. The van der Waals surface area contributed by atoms with Crippen molar-refractivity contribution >= 4 is 59.9 Å². The van der Waals surface area contributed by atoms with Gasteiger partial charge in [0, 0.05) is 16.8 Å². The van der Waals surface area contributed by atoms with Gasteiger partial charge in [0.05, 0.1) is 25.8 Å². The van der Waals surface area contributed by atoms with Crippen molar-refractivity contribution < 1.29 is 13.2 Å². The van der Waals surface area contributed by atoms with Gasteiger partial charge in [0.25, 0.3) is 0 Å². The van der Waals surface area contributed by atoms with Crippen molar-refractivity contribution in [3.8, 4) is 11.6 Å². The van der Waals surface area contributed by atoms with Gasteiger partial charge < -0.3 is 4.74 Å². The van der Waals surface area contributed by atoms with Crippen molar-refractivity contribution in [3.63, 3.8) is 0 Å². The number of hydrogen-bond acceptors (Lipinski definition) is 5. The van der Waals surface area contributed by atoms with Crippen LogP contribution in [0.3, 0.4) is 0 Å². The predicted octanol–water partition coefficient (Wildman–Crippen LogP) is 4.89. The first-order valence-corrected chi connectivity index (χ1v) is 9.97. The molecule has 0 aliphatic carbocycles. The van der Waals surface area contributed by atoms with Crippen molar-refractivity contribution in [3.05, 3.63) is 51.2 Å². The molecule has 3 aromatic rings. The number of benzene rings is 2. The molecule has 0 saturated carbocycles. The molecule has 0 amide bonds. The van der Waals surface area contributed by atoms with Gasteiger partial charge in [0.2, 0.25) is 5.88 Å². The van der Waals surface area contributed by atoms with Gasteiger partial charge >= 0.3 is 0 Å².